The van der Waals surface area contributed by atoms with Crippen molar-refractivity contribution in [2.45, 2.75) is 55.3 Å². The molecule has 2 N–H and O–H groups in total. The predicted molar refractivity (Wildman–Crippen MR) is 171 cm³/mol. The lowest BCUT2D eigenvalue weighted by molar-refractivity contribution is -0.274. The molecule has 1 aliphatic heterocycles. The van der Waals surface area contributed by atoms with Crippen molar-refractivity contribution in [3.05, 3.63) is 96.6 Å². The Labute approximate surface area is 271 Å². The fourth-order valence-corrected chi connectivity index (χ4v) is 7.86. The normalized spacial score (nSPS) is 20.2. The minimum absolute atomic E-state index is 0.0593. The van der Waals surface area contributed by atoms with Crippen LogP contribution in [-0.2, 0) is 16.5 Å². The summed E-state index contributed by atoms with van der Waals surface area (Å²) in [7, 11) is -0.507. The zero-order valence-corrected chi connectivity index (χ0v) is 26.5. The Hall–Kier alpha value is -4.46. The topological polar surface area (TPSA) is 102 Å². The Morgan fingerprint density at radius 3 is 2.17 bits per heavy atom. The average molecular weight is 670 g/mol. The summed E-state index contributed by atoms with van der Waals surface area (Å²) in [5.41, 5.74) is 2.21. The lowest BCUT2D eigenvalue weighted by Gasteiger charge is -2.45. The maximum atomic E-state index is 14.8. The fourth-order valence-electron chi connectivity index (χ4n) is 6.01. The van der Waals surface area contributed by atoms with E-state index in [9.17, 15) is 22.5 Å². The number of hydrogen-bond acceptors (Lipinski definition) is 8. The van der Waals surface area contributed by atoms with E-state index in [0.717, 1.165) is 23.5 Å². The Balaban J connectivity index is 1.35. The van der Waals surface area contributed by atoms with Crippen molar-refractivity contribution in [3.8, 4) is 28.7 Å². The molecule has 0 spiro atoms. The maximum absolute atomic E-state index is 14.8. The molecule has 13 heteroatoms. The summed E-state index contributed by atoms with van der Waals surface area (Å²) in [5.74, 6) is 1.88. The first kappa shape index (κ1) is 32.5. The van der Waals surface area contributed by atoms with Crippen molar-refractivity contribution in [1.82, 2.24) is 4.72 Å². The van der Waals surface area contributed by atoms with E-state index in [0.29, 0.717) is 47.8 Å². The molecule has 6 rings (SSSR count). The quantitative estimate of drug-likeness (QED) is 0.192. The third-order valence-electron chi connectivity index (χ3n) is 8.22. The largest absolute Gasteiger partial charge is 0.573 e. The average Bonchev–Trinajstić information content (AvgIpc) is 3.07. The van der Waals surface area contributed by atoms with Crippen LogP contribution < -0.4 is 28.6 Å². The lowest BCUT2D eigenvalue weighted by Crippen LogP contribution is -2.56. The molecule has 0 bridgehead atoms. The van der Waals surface area contributed by atoms with Gasteiger partial charge in [-0.05, 0) is 79.9 Å². The second-order valence-corrected chi connectivity index (χ2v) is 13.1. The van der Waals surface area contributed by atoms with Gasteiger partial charge in [0.05, 0.1) is 49.2 Å². The number of para-hydroxylation sites is 4. The molecule has 4 aromatic rings. The second kappa shape index (κ2) is 13.3. The first-order valence-corrected chi connectivity index (χ1v) is 16.5. The van der Waals surface area contributed by atoms with Gasteiger partial charge in [0.15, 0.2) is 11.5 Å². The highest BCUT2D eigenvalue weighted by molar-refractivity contribution is 7.91. The number of benzene rings is 4. The summed E-state index contributed by atoms with van der Waals surface area (Å²) in [5, 5.41) is 11.9. The highest BCUT2D eigenvalue weighted by Crippen LogP contribution is 2.49. The molecule has 0 amide bonds. The van der Waals surface area contributed by atoms with Crippen LogP contribution in [0.3, 0.4) is 0 Å². The van der Waals surface area contributed by atoms with Crippen LogP contribution in [0.5, 0.6) is 28.7 Å². The van der Waals surface area contributed by atoms with Gasteiger partial charge < -0.3 is 29.0 Å². The first-order chi connectivity index (χ1) is 22.6. The minimum atomic E-state index is -4.88. The van der Waals surface area contributed by atoms with Gasteiger partial charge in [0.1, 0.15) is 27.2 Å². The molecule has 0 aromatic heterocycles. The van der Waals surface area contributed by atoms with Gasteiger partial charge in [-0.25, -0.2) is 13.3 Å². The number of ether oxygens (including phenoxy) is 4. The molecule has 9 nitrogen and oxygen atoms in total. The van der Waals surface area contributed by atoms with Crippen LogP contribution in [0.15, 0.2) is 100 Å². The first-order valence-electron chi connectivity index (χ1n) is 15.0. The van der Waals surface area contributed by atoms with E-state index in [1.54, 1.807) is 18.2 Å². The highest BCUT2D eigenvalue weighted by atomic mass is 32.2. The zero-order valence-electron chi connectivity index (χ0n) is 25.6. The van der Waals surface area contributed by atoms with Gasteiger partial charge in [-0.15, -0.1) is 13.2 Å². The standard InChI is InChI=1S/C34H34F3N3O6S/c1-43-24-15-14-22(32(20-24)44-2)21-38-47(42,25-18-16-23(17-19-25)46-34(35,36)37)39-26-8-7-11-29(33(26)41)40-27-9-3-5-12-30(27)45-31-13-6-4-10-28(31)40/h3-6,9-10,12-20,26,29,33,41H,7-8,11,21H2,1-2H3,(H,38,39,42)/t26?,29?,33-,47?/m0/s1. The van der Waals surface area contributed by atoms with Crippen molar-refractivity contribution >= 4 is 21.3 Å². The summed E-state index contributed by atoms with van der Waals surface area (Å²) in [6, 6.07) is 24.0. The van der Waals surface area contributed by atoms with Crippen molar-refractivity contribution in [3.63, 3.8) is 0 Å². The Kier molecular flexibility index (Phi) is 9.22. The SMILES string of the molecule is COc1ccc(CN=S(=O)(NC2CCCC(N3c4ccccc4Oc4ccccc43)[C@H]2O)c2ccc(OC(F)(F)F)cc2)c(OC)c1. The van der Waals surface area contributed by atoms with Gasteiger partial charge in [-0.1, -0.05) is 24.3 Å². The molecule has 1 saturated carbocycles. The number of aliphatic hydroxyl groups excluding tert-OH is 1. The molecule has 4 atom stereocenters. The Bertz CT molecular complexity index is 1800. The van der Waals surface area contributed by atoms with E-state index < -0.39 is 40.2 Å². The number of aliphatic hydroxyl groups is 1. The van der Waals surface area contributed by atoms with Crippen LogP contribution in [0.1, 0.15) is 24.8 Å². The van der Waals surface area contributed by atoms with Crippen LogP contribution in [0.2, 0.25) is 0 Å². The maximum Gasteiger partial charge on any atom is 0.573 e. The van der Waals surface area contributed by atoms with Gasteiger partial charge in [-0.3, -0.25) is 0 Å². The van der Waals surface area contributed by atoms with Crippen molar-refractivity contribution in [2.24, 2.45) is 4.36 Å². The molecule has 4 aromatic carbocycles. The van der Waals surface area contributed by atoms with Crippen molar-refractivity contribution in [1.29, 1.82) is 0 Å². The minimum Gasteiger partial charge on any atom is -0.497 e. The molecule has 1 heterocycles. The monoisotopic (exact) mass is 669 g/mol. The van der Waals surface area contributed by atoms with Gasteiger partial charge in [0.25, 0.3) is 0 Å². The number of hydrogen-bond donors (Lipinski definition) is 2. The van der Waals surface area contributed by atoms with Crippen LogP contribution >= 0.6 is 0 Å². The van der Waals surface area contributed by atoms with Crippen LogP contribution in [0.25, 0.3) is 0 Å². The molecule has 1 fully saturated rings. The third-order valence-corrected chi connectivity index (χ3v) is 10.2. The Morgan fingerprint density at radius 2 is 1.55 bits per heavy atom. The van der Waals surface area contributed by atoms with Gasteiger partial charge in [0.2, 0.25) is 0 Å². The van der Waals surface area contributed by atoms with E-state index >= 15 is 0 Å². The van der Waals surface area contributed by atoms with Crippen molar-refractivity contribution in [2.75, 3.05) is 19.1 Å². The summed E-state index contributed by atoms with van der Waals surface area (Å²) >= 11 is 0. The molecule has 1 aliphatic carbocycles. The van der Waals surface area contributed by atoms with Crippen LogP contribution in [0, 0.1) is 0 Å². The zero-order chi connectivity index (χ0) is 33.2. The second-order valence-electron chi connectivity index (χ2n) is 11.1. The summed E-state index contributed by atoms with van der Waals surface area (Å²) in [4.78, 5) is 2.20. The molecular formula is C34H34F3N3O6S. The number of anilines is 2. The molecule has 248 valence electrons. The van der Waals surface area contributed by atoms with E-state index in [4.69, 9.17) is 14.2 Å². The van der Waals surface area contributed by atoms with E-state index in [1.807, 2.05) is 48.5 Å². The number of nitrogens with zero attached hydrogens (tertiary/aromatic N) is 2. The molecule has 2 aliphatic rings. The number of fused-ring (bicyclic) bond motifs is 2. The van der Waals surface area contributed by atoms with E-state index in [-0.39, 0.29) is 11.4 Å². The van der Waals surface area contributed by atoms with Crippen molar-refractivity contribution < 1.29 is 41.4 Å². The van der Waals surface area contributed by atoms with Crippen LogP contribution in [0.4, 0.5) is 24.5 Å². The van der Waals surface area contributed by atoms with E-state index in [2.05, 4.69) is 18.7 Å². The number of alkyl halides is 3. The van der Waals surface area contributed by atoms with E-state index in [1.165, 1.54) is 26.4 Å². The number of methoxy groups -OCH3 is 2. The molecule has 0 radical (unpaired) electrons. The molecule has 0 saturated heterocycles. The molecular weight excluding hydrogens is 635 g/mol. The number of nitrogens with one attached hydrogen (secondary N) is 1. The van der Waals surface area contributed by atoms with Gasteiger partial charge >= 0.3 is 6.36 Å². The molecule has 3 unspecified atom stereocenters. The number of halogens is 3. The molecule has 47 heavy (non-hydrogen) atoms. The lowest BCUT2D eigenvalue weighted by atomic mass is 9.86. The summed E-state index contributed by atoms with van der Waals surface area (Å²) in [6.45, 7) is -0.0593. The summed E-state index contributed by atoms with van der Waals surface area (Å²) in [6.07, 6.45) is -4.07. The predicted octanol–water partition coefficient (Wildman–Crippen LogP) is 7.36. The van der Waals surface area contributed by atoms with Gasteiger partial charge in [-0.2, -0.15) is 0 Å². The van der Waals surface area contributed by atoms with Gasteiger partial charge in [0, 0.05) is 17.7 Å². The summed E-state index contributed by atoms with van der Waals surface area (Å²) < 4.78 is 82.1. The third kappa shape index (κ3) is 6.97. The smallest absolute Gasteiger partial charge is 0.497 e. The Morgan fingerprint density at radius 1 is 0.915 bits per heavy atom. The highest BCUT2D eigenvalue weighted by Gasteiger charge is 2.41. The fraction of sp³-hybridized carbons (Fsp3) is 0.294. The van der Waals surface area contributed by atoms with Crippen LogP contribution in [-0.4, -0.2) is 48.1 Å². The number of rotatable bonds is 9.